The third kappa shape index (κ3) is 6.10. The Morgan fingerprint density at radius 3 is 2.24 bits per heavy atom. The van der Waals surface area contributed by atoms with E-state index in [0.717, 1.165) is 6.07 Å². The van der Waals surface area contributed by atoms with E-state index in [1.54, 1.807) is 11.8 Å². The fourth-order valence-electron chi connectivity index (χ4n) is 3.91. The largest absolute Gasteiger partial charge is 0.466 e. The molecule has 1 aliphatic heterocycles. The number of hydrogen-bond donors (Lipinski definition) is 0. The Hall–Kier alpha value is -1.77. The van der Waals surface area contributed by atoms with E-state index in [9.17, 15) is 31.1 Å². The van der Waals surface area contributed by atoms with E-state index in [4.69, 9.17) is 4.74 Å². The molecule has 0 amide bonds. The Kier molecular flexibility index (Phi) is 7.24. The maximum Gasteiger partial charge on any atom is 0.416 e. The van der Waals surface area contributed by atoms with Crippen molar-refractivity contribution >= 4 is 5.97 Å². The molecule has 1 aliphatic rings. The van der Waals surface area contributed by atoms with Crippen LogP contribution in [0.25, 0.3) is 0 Å². The number of ether oxygens (including phenoxy) is 1. The molecule has 2 rings (SSSR count). The first-order valence-electron chi connectivity index (χ1n) is 9.51. The Morgan fingerprint density at radius 1 is 1.14 bits per heavy atom. The van der Waals surface area contributed by atoms with Gasteiger partial charge >= 0.3 is 18.3 Å². The lowest BCUT2D eigenvalue weighted by Gasteiger charge is -2.42. The zero-order valence-electron chi connectivity index (χ0n) is 16.4. The minimum atomic E-state index is -4.56. The molecule has 164 valence electrons. The van der Waals surface area contributed by atoms with Gasteiger partial charge in [-0.25, -0.2) is 0 Å². The molecule has 0 aliphatic carbocycles. The highest BCUT2D eigenvalue weighted by Gasteiger charge is 2.46. The SMILES string of the molecule is CCOC(=O)C1(Cc2ccccc2C(F)(F)F)CCN([C@@H](C)CC(F)(F)F)CC1. The Bertz CT molecular complexity index is 693. The summed E-state index contributed by atoms with van der Waals surface area (Å²) in [5, 5.41) is 0. The number of nitrogens with zero attached hydrogens (tertiary/aromatic N) is 1. The first kappa shape index (κ1) is 23.5. The number of carbonyl (C=O) groups excluding carboxylic acids is 1. The van der Waals surface area contributed by atoms with E-state index in [-0.39, 0.29) is 44.5 Å². The van der Waals surface area contributed by atoms with Gasteiger partial charge in [0.2, 0.25) is 0 Å². The van der Waals surface area contributed by atoms with Gasteiger partial charge in [0, 0.05) is 6.04 Å². The predicted molar refractivity (Wildman–Crippen MR) is 95.2 cm³/mol. The highest BCUT2D eigenvalue weighted by atomic mass is 19.4. The first-order chi connectivity index (χ1) is 13.4. The number of carbonyl (C=O) groups is 1. The van der Waals surface area contributed by atoms with Gasteiger partial charge in [0.25, 0.3) is 0 Å². The fourth-order valence-corrected chi connectivity index (χ4v) is 3.91. The van der Waals surface area contributed by atoms with Crippen LogP contribution in [0.3, 0.4) is 0 Å². The number of esters is 1. The molecule has 0 saturated carbocycles. The molecule has 0 radical (unpaired) electrons. The van der Waals surface area contributed by atoms with Crippen molar-refractivity contribution in [2.75, 3.05) is 19.7 Å². The number of rotatable bonds is 6. The number of piperidine rings is 1. The van der Waals surface area contributed by atoms with Gasteiger partial charge in [0.05, 0.1) is 24.0 Å². The van der Waals surface area contributed by atoms with Crippen molar-refractivity contribution in [3.63, 3.8) is 0 Å². The molecule has 0 N–H and O–H groups in total. The molecule has 0 bridgehead atoms. The standard InChI is InChI=1S/C20H25F6NO2/c1-3-29-17(28)18(13-15-6-4-5-7-16(15)20(24,25)26)8-10-27(11-9-18)14(2)12-19(21,22)23/h4-7,14H,3,8-13H2,1-2H3/t14-/m0/s1. The quantitative estimate of drug-likeness (QED) is 0.462. The highest BCUT2D eigenvalue weighted by Crippen LogP contribution is 2.41. The molecule has 0 unspecified atom stereocenters. The molecule has 3 nitrogen and oxygen atoms in total. The maximum absolute atomic E-state index is 13.4. The Balaban J connectivity index is 2.24. The molecule has 1 aromatic carbocycles. The second-order valence-corrected chi connectivity index (χ2v) is 7.54. The molecule has 1 atom stereocenters. The average Bonchev–Trinajstić information content (AvgIpc) is 2.60. The highest BCUT2D eigenvalue weighted by molar-refractivity contribution is 5.77. The van der Waals surface area contributed by atoms with Gasteiger partial charge in [0.15, 0.2) is 0 Å². The monoisotopic (exact) mass is 425 g/mol. The van der Waals surface area contributed by atoms with Gasteiger partial charge in [-0.05, 0) is 57.8 Å². The summed E-state index contributed by atoms with van der Waals surface area (Å²) in [6.45, 7) is 3.52. The van der Waals surface area contributed by atoms with Crippen LogP contribution in [0.1, 0.15) is 44.2 Å². The molecule has 9 heteroatoms. The lowest BCUT2D eigenvalue weighted by atomic mass is 9.72. The summed E-state index contributed by atoms with van der Waals surface area (Å²) in [5.74, 6) is -0.597. The third-order valence-electron chi connectivity index (χ3n) is 5.47. The summed E-state index contributed by atoms with van der Waals surface area (Å²) in [7, 11) is 0. The van der Waals surface area contributed by atoms with Crippen LogP contribution < -0.4 is 0 Å². The zero-order valence-corrected chi connectivity index (χ0v) is 16.4. The molecule has 1 fully saturated rings. The van der Waals surface area contributed by atoms with Crippen LogP contribution in [-0.2, 0) is 22.1 Å². The summed E-state index contributed by atoms with van der Waals surface area (Å²) in [5.41, 5.74) is -2.01. The summed E-state index contributed by atoms with van der Waals surface area (Å²) in [6, 6.07) is 4.30. The predicted octanol–water partition coefficient (Wildman–Crippen LogP) is 5.23. The molecule has 0 aromatic heterocycles. The van der Waals surface area contributed by atoms with Crippen LogP contribution in [-0.4, -0.2) is 42.8 Å². The van der Waals surface area contributed by atoms with E-state index in [1.165, 1.54) is 25.1 Å². The van der Waals surface area contributed by atoms with Crippen molar-refractivity contribution < 1.29 is 35.9 Å². The van der Waals surface area contributed by atoms with E-state index < -0.39 is 41.8 Å². The summed E-state index contributed by atoms with van der Waals surface area (Å²) in [4.78, 5) is 14.3. The molecule has 0 spiro atoms. The van der Waals surface area contributed by atoms with Gasteiger partial charge in [-0.3, -0.25) is 4.79 Å². The third-order valence-corrected chi connectivity index (χ3v) is 5.47. The number of benzene rings is 1. The number of hydrogen-bond acceptors (Lipinski definition) is 3. The van der Waals surface area contributed by atoms with Crippen LogP contribution in [0.15, 0.2) is 24.3 Å². The van der Waals surface area contributed by atoms with Crippen molar-refractivity contribution in [1.29, 1.82) is 0 Å². The van der Waals surface area contributed by atoms with Gasteiger partial charge in [-0.2, -0.15) is 26.3 Å². The van der Waals surface area contributed by atoms with E-state index in [0.29, 0.717) is 0 Å². The molecule has 29 heavy (non-hydrogen) atoms. The van der Waals surface area contributed by atoms with Gasteiger partial charge in [-0.1, -0.05) is 18.2 Å². The van der Waals surface area contributed by atoms with E-state index in [1.807, 2.05) is 0 Å². The van der Waals surface area contributed by atoms with E-state index >= 15 is 0 Å². The topological polar surface area (TPSA) is 29.5 Å². The molecule has 1 aromatic rings. The lowest BCUT2D eigenvalue weighted by Crippen LogP contribution is -2.49. The number of alkyl halides is 6. The van der Waals surface area contributed by atoms with Gasteiger partial charge in [0.1, 0.15) is 0 Å². The lowest BCUT2D eigenvalue weighted by molar-refractivity contribution is -0.162. The Morgan fingerprint density at radius 2 is 1.72 bits per heavy atom. The summed E-state index contributed by atoms with van der Waals surface area (Å²) >= 11 is 0. The van der Waals surface area contributed by atoms with E-state index in [2.05, 4.69) is 0 Å². The smallest absolute Gasteiger partial charge is 0.416 e. The molecule has 1 saturated heterocycles. The van der Waals surface area contributed by atoms with Gasteiger partial charge in [-0.15, -0.1) is 0 Å². The van der Waals surface area contributed by atoms with Crippen LogP contribution in [0.5, 0.6) is 0 Å². The second kappa shape index (κ2) is 8.93. The van der Waals surface area contributed by atoms with Crippen LogP contribution >= 0.6 is 0 Å². The van der Waals surface area contributed by atoms with Crippen molar-refractivity contribution in [2.24, 2.45) is 5.41 Å². The van der Waals surface area contributed by atoms with Crippen LogP contribution in [0, 0.1) is 5.41 Å². The summed E-state index contributed by atoms with van der Waals surface area (Å²) in [6.07, 6.45) is -9.73. The number of likely N-dealkylation sites (tertiary alicyclic amines) is 1. The fraction of sp³-hybridized carbons (Fsp3) is 0.650. The normalized spacial score (nSPS) is 19.0. The maximum atomic E-state index is 13.4. The second-order valence-electron chi connectivity index (χ2n) is 7.54. The minimum Gasteiger partial charge on any atom is -0.466 e. The van der Waals surface area contributed by atoms with Crippen molar-refractivity contribution in [3.05, 3.63) is 35.4 Å². The molecular formula is C20H25F6NO2. The van der Waals surface area contributed by atoms with Crippen LogP contribution in [0.4, 0.5) is 26.3 Å². The average molecular weight is 425 g/mol. The van der Waals surface area contributed by atoms with Gasteiger partial charge < -0.3 is 9.64 Å². The van der Waals surface area contributed by atoms with Crippen molar-refractivity contribution in [2.45, 2.75) is 57.9 Å². The summed E-state index contributed by atoms with van der Waals surface area (Å²) < 4.78 is 83.3. The zero-order chi connectivity index (χ0) is 21.9. The molecular weight excluding hydrogens is 400 g/mol. The van der Waals surface area contributed by atoms with Crippen molar-refractivity contribution in [1.82, 2.24) is 4.90 Å². The minimum absolute atomic E-state index is 0.00940. The van der Waals surface area contributed by atoms with Crippen molar-refractivity contribution in [3.8, 4) is 0 Å². The van der Waals surface area contributed by atoms with Crippen LogP contribution in [0.2, 0.25) is 0 Å². The first-order valence-corrected chi connectivity index (χ1v) is 9.51. The number of halogens is 6. The molecule has 1 heterocycles. The Labute approximate surface area is 166 Å².